The summed E-state index contributed by atoms with van der Waals surface area (Å²) in [6.07, 6.45) is 1.47. The van der Waals surface area contributed by atoms with Crippen molar-refractivity contribution in [1.29, 1.82) is 0 Å². The summed E-state index contributed by atoms with van der Waals surface area (Å²) in [5, 5.41) is 9.87. The number of carbonyl (C=O) groups excluding carboxylic acids is 2. The van der Waals surface area contributed by atoms with E-state index in [1.807, 2.05) is 68.4 Å². The van der Waals surface area contributed by atoms with E-state index in [0.29, 0.717) is 12.8 Å². The number of nitrogens with zero attached hydrogens (tertiary/aromatic N) is 2. The number of amides is 2. The Morgan fingerprint density at radius 3 is 2.32 bits per heavy atom. The molecule has 2 amide bonds. The first-order valence-electron chi connectivity index (χ1n) is 11.9. The Labute approximate surface area is 201 Å². The third kappa shape index (κ3) is 6.16. The van der Waals surface area contributed by atoms with Crippen molar-refractivity contribution in [3.05, 3.63) is 71.3 Å². The second-order valence-electron chi connectivity index (χ2n) is 8.96. The molecule has 0 fully saturated rings. The highest BCUT2D eigenvalue weighted by Crippen LogP contribution is 2.26. The lowest BCUT2D eigenvalue weighted by Crippen LogP contribution is -2.56. The molecule has 0 radical (unpaired) electrons. The van der Waals surface area contributed by atoms with E-state index < -0.39 is 17.9 Å². The molecular weight excluding hydrogens is 432 g/mol. The summed E-state index contributed by atoms with van der Waals surface area (Å²) in [7, 11) is 0. The lowest BCUT2D eigenvalue weighted by atomic mass is 9.94. The van der Waals surface area contributed by atoms with E-state index in [4.69, 9.17) is 4.74 Å². The molecule has 0 aromatic heterocycles. The van der Waals surface area contributed by atoms with Crippen LogP contribution in [0.5, 0.6) is 0 Å². The molecule has 2 aromatic carbocycles. The molecule has 7 heteroatoms. The highest BCUT2D eigenvalue weighted by molar-refractivity contribution is 5.84. The molecule has 182 valence electrons. The number of carboxylic acids is 1. The van der Waals surface area contributed by atoms with Crippen LogP contribution in [0, 0.1) is 5.92 Å². The van der Waals surface area contributed by atoms with Crippen LogP contribution in [0.2, 0.25) is 0 Å². The number of carboxylic acid groups (broad SMARTS) is 1. The third-order valence-corrected chi connectivity index (χ3v) is 6.31. The van der Waals surface area contributed by atoms with E-state index in [9.17, 15) is 19.5 Å². The zero-order valence-corrected chi connectivity index (χ0v) is 20.1. The minimum absolute atomic E-state index is 0.173. The Balaban J connectivity index is 1.82. The van der Waals surface area contributed by atoms with Crippen LogP contribution in [-0.4, -0.2) is 58.1 Å². The van der Waals surface area contributed by atoms with Crippen LogP contribution in [0.25, 0.3) is 0 Å². The van der Waals surface area contributed by atoms with Gasteiger partial charge in [-0.1, -0.05) is 54.6 Å². The maximum atomic E-state index is 13.7. The SMILES string of the molecule is CCOC(=O)[C@H](CCc1ccccc1)CN(C(=O)N1Cc2ccccc2C[C@H]1C(=O)O)C(C)C. The molecule has 1 aliphatic rings. The largest absolute Gasteiger partial charge is 0.480 e. The predicted octanol–water partition coefficient (Wildman–Crippen LogP) is 4.14. The fraction of sp³-hybridized carbons (Fsp3) is 0.444. The van der Waals surface area contributed by atoms with Gasteiger partial charge in [-0.15, -0.1) is 0 Å². The summed E-state index contributed by atoms with van der Waals surface area (Å²) in [5.74, 6) is -1.87. The number of aryl methyl sites for hydroxylation is 1. The van der Waals surface area contributed by atoms with Crippen molar-refractivity contribution >= 4 is 18.0 Å². The number of benzene rings is 2. The quantitative estimate of drug-likeness (QED) is 0.561. The summed E-state index contributed by atoms with van der Waals surface area (Å²) in [4.78, 5) is 41.6. The molecule has 2 aromatic rings. The van der Waals surface area contributed by atoms with Crippen LogP contribution < -0.4 is 0 Å². The summed E-state index contributed by atoms with van der Waals surface area (Å²) in [6, 6.07) is 16.0. The number of ether oxygens (including phenoxy) is 1. The van der Waals surface area contributed by atoms with Gasteiger partial charge in [-0.3, -0.25) is 4.79 Å². The molecule has 1 N–H and O–H groups in total. The predicted molar refractivity (Wildman–Crippen MR) is 129 cm³/mol. The second-order valence-corrected chi connectivity index (χ2v) is 8.96. The highest BCUT2D eigenvalue weighted by Gasteiger charge is 2.38. The third-order valence-electron chi connectivity index (χ3n) is 6.31. The van der Waals surface area contributed by atoms with Crippen molar-refractivity contribution in [2.45, 2.75) is 58.7 Å². The van der Waals surface area contributed by atoms with Gasteiger partial charge in [0, 0.05) is 25.6 Å². The fourth-order valence-corrected chi connectivity index (χ4v) is 4.39. The van der Waals surface area contributed by atoms with Gasteiger partial charge in [-0.2, -0.15) is 0 Å². The molecule has 1 aliphatic heterocycles. The van der Waals surface area contributed by atoms with E-state index >= 15 is 0 Å². The van der Waals surface area contributed by atoms with Crippen LogP contribution in [0.1, 0.15) is 43.9 Å². The average Bonchev–Trinajstić information content (AvgIpc) is 2.83. The zero-order chi connectivity index (χ0) is 24.7. The van der Waals surface area contributed by atoms with E-state index in [0.717, 1.165) is 16.7 Å². The van der Waals surface area contributed by atoms with E-state index in [1.165, 1.54) is 4.90 Å². The molecule has 1 heterocycles. The molecule has 0 spiro atoms. The van der Waals surface area contributed by atoms with Crippen LogP contribution in [0.4, 0.5) is 4.79 Å². The van der Waals surface area contributed by atoms with Gasteiger partial charge in [0.25, 0.3) is 0 Å². The number of rotatable bonds is 9. The minimum Gasteiger partial charge on any atom is -0.480 e. The standard InChI is InChI=1S/C27H34N2O5/c1-4-34-26(32)23(15-14-20-10-6-5-7-11-20)18-28(19(2)3)27(33)29-17-22-13-9-8-12-21(22)16-24(29)25(30)31/h5-13,19,23-24H,4,14-18H2,1-3H3,(H,30,31)/t23-,24+/m1/s1. The maximum Gasteiger partial charge on any atom is 0.326 e. The fourth-order valence-electron chi connectivity index (χ4n) is 4.39. The molecule has 0 saturated carbocycles. The van der Waals surface area contributed by atoms with Crippen molar-refractivity contribution < 1.29 is 24.2 Å². The summed E-state index contributed by atoms with van der Waals surface area (Å²) in [6.45, 7) is 6.19. The molecule has 0 unspecified atom stereocenters. The molecule has 34 heavy (non-hydrogen) atoms. The number of hydrogen-bond acceptors (Lipinski definition) is 4. The second kappa shape index (κ2) is 11.7. The highest BCUT2D eigenvalue weighted by atomic mass is 16.5. The van der Waals surface area contributed by atoms with Crippen molar-refractivity contribution in [3.8, 4) is 0 Å². The topological polar surface area (TPSA) is 87.2 Å². The van der Waals surface area contributed by atoms with Gasteiger partial charge < -0.3 is 19.6 Å². The first kappa shape index (κ1) is 25.3. The molecule has 2 atom stereocenters. The van der Waals surface area contributed by atoms with E-state index in [2.05, 4.69) is 0 Å². The van der Waals surface area contributed by atoms with Gasteiger partial charge >= 0.3 is 18.0 Å². The lowest BCUT2D eigenvalue weighted by molar-refractivity contribution is -0.149. The van der Waals surface area contributed by atoms with Crippen molar-refractivity contribution in [1.82, 2.24) is 9.80 Å². The number of esters is 1. The first-order valence-corrected chi connectivity index (χ1v) is 11.9. The summed E-state index contributed by atoms with van der Waals surface area (Å²) < 4.78 is 5.32. The van der Waals surface area contributed by atoms with Crippen molar-refractivity contribution in [2.75, 3.05) is 13.2 Å². The first-order chi connectivity index (χ1) is 16.3. The number of carbonyl (C=O) groups is 3. The number of aliphatic carboxylic acids is 1. The summed E-state index contributed by atoms with van der Waals surface area (Å²) >= 11 is 0. The molecule has 7 nitrogen and oxygen atoms in total. The normalized spacial score (nSPS) is 16.0. The lowest BCUT2D eigenvalue weighted by Gasteiger charge is -2.40. The van der Waals surface area contributed by atoms with E-state index in [1.54, 1.807) is 11.8 Å². The van der Waals surface area contributed by atoms with Crippen LogP contribution in [0.15, 0.2) is 54.6 Å². The molecule has 3 rings (SSSR count). The smallest absolute Gasteiger partial charge is 0.326 e. The van der Waals surface area contributed by atoms with Gasteiger partial charge in [0.15, 0.2) is 0 Å². The Bertz CT molecular complexity index is 992. The van der Waals surface area contributed by atoms with Gasteiger partial charge in [0.2, 0.25) is 0 Å². The zero-order valence-electron chi connectivity index (χ0n) is 20.1. The van der Waals surface area contributed by atoms with Gasteiger partial charge in [-0.05, 0) is 50.3 Å². The Kier molecular flexibility index (Phi) is 8.68. The van der Waals surface area contributed by atoms with Gasteiger partial charge in [0.1, 0.15) is 6.04 Å². The number of hydrogen-bond donors (Lipinski definition) is 1. The van der Waals surface area contributed by atoms with Crippen LogP contribution >= 0.6 is 0 Å². The maximum absolute atomic E-state index is 13.7. The van der Waals surface area contributed by atoms with Crippen LogP contribution in [-0.2, 0) is 33.7 Å². The molecule has 0 bridgehead atoms. The minimum atomic E-state index is -1.03. The van der Waals surface area contributed by atoms with Crippen molar-refractivity contribution in [2.24, 2.45) is 5.92 Å². The van der Waals surface area contributed by atoms with Crippen molar-refractivity contribution in [3.63, 3.8) is 0 Å². The Hall–Kier alpha value is -3.35. The molecule has 0 saturated heterocycles. The van der Waals surface area contributed by atoms with Gasteiger partial charge in [-0.25, -0.2) is 9.59 Å². The monoisotopic (exact) mass is 466 g/mol. The summed E-state index contributed by atoms with van der Waals surface area (Å²) in [5.41, 5.74) is 3.00. The van der Waals surface area contributed by atoms with Gasteiger partial charge in [0.05, 0.1) is 12.5 Å². The average molecular weight is 467 g/mol. The van der Waals surface area contributed by atoms with E-state index in [-0.39, 0.29) is 44.2 Å². The molecule has 0 aliphatic carbocycles. The number of urea groups is 1. The number of fused-ring (bicyclic) bond motifs is 1. The molecular formula is C27H34N2O5. The Morgan fingerprint density at radius 2 is 1.71 bits per heavy atom. The van der Waals surface area contributed by atoms with Crippen LogP contribution in [0.3, 0.4) is 0 Å². The Morgan fingerprint density at radius 1 is 1.06 bits per heavy atom.